The molecule has 0 bridgehead atoms. The second-order valence-electron chi connectivity index (χ2n) is 5.93. The maximum atomic E-state index is 12.0. The number of hydrogen-bond donors (Lipinski definition) is 3. The first-order chi connectivity index (χ1) is 11.9. The van der Waals surface area contributed by atoms with Crippen molar-refractivity contribution in [1.82, 2.24) is 5.32 Å². The molecular weight excluding hydrogens is 330 g/mol. The SMILES string of the molecule is O=C(CCNc1ccccc1[N+](=O)[O-])NCC1(C(=O)O)CCOCC1. The van der Waals surface area contributed by atoms with Gasteiger partial charge in [-0.15, -0.1) is 0 Å². The lowest BCUT2D eigenvalue weighted by Gasteiger charge is -2.33. The molecule has 1 saturated heterocycles. The van der Waals surface area contributed by atoms with E-state index >= 15 is 0 Å². The van der Waals surface area contributed by atoms with Crippen molar-refractivity contribution in [2.45, 2.75) is 19.3 Å². The van der Waals surface area contributed by atoms with E-state index in [1.165, 1.54) is 6.07 Å². The number of nitrogens with zero attached hydrogens (tertiary/aromatic N) is 1. The normalized spacial score (nSPS) is 16.0. The molecule has 25 heavy (non-hydrogen) atoms. The molecule has 1 amide bonds. The molecule has 9 heteroatoms. The molecule has 3 N–H and O–H groups in total. The molecule has 136 valence electrons. The van der Waals surface area contributed by atoms with E-state index in [1.54, 1.807) is 18.2 Å². The Hall–Kier alpha value is -2.68. The Kier molecular flexibility index (Phi) is 6.29. The molecule has 1 aliphatic heterocycles. The van der Waals surface area contributed by atoms with Crippen molar-refractivity contribution in [2.24, 2.45) is 5.41 Å². The van der Waals surface area contributed by atoms with Crippen LogP contribution in [0.2, 0.25) is 0 Å². The standard InChI is InChI=1S/C16H21N3O6/c20-14(18-11-16(15(21)22)6-9-25-10-7-16)5-8-17-12-3-1-2-4-13(12)19(23)24/h1-4,17H,5-11H2,(H,18,20)(H,21,22). The number of carbonyl (C=O) groups excluding carboxylic acids is 1. The first-order valence-corrected chi connectivity index (χ1v) is 8.00. The lowest BCUT2D eigenvalue weighted by Crippen LogP contribution is -2.46. The monoisotopic (exact) mass is 351 g/mol. The van der Waals surface area contributed by atoms with Crippen LogP contribution in [0.15, 0.2) is 24.3 Å². The van der Waals surface area contributed by atoms with Crippen LogP contribution in [-0.4, -0.2) is 48.2 Å². The van der Waals surface area contributed by atoms with Crippen molar-refractivity contribution in [1.29, 1.82) is 0 Å². The predicted octanol–water partition coefficient (Wildman–Crippen LogP) is 1.39. The van der Waals surface area contributed by atoms with Crippen LogP contribution in [0.3, 0.4) is 0 Å². The minimum atomic E-state index is -0.987. The van der Waals surface area contributed by atoms with Crippen LogP contribution in [0.25, 0.3) is 0 Å². The van der Waals surface area contributed by atoms with E-state index in [1.807, 2.05) is 0 Å². The smallest absolute Gasteiger partial charge is 0.311 e. The number of nitro benzene ring substituents is 1. The van der Waals surface area contributed by atoms with Crippen molar-refractivity contribution in [3.63, 3.8) is 0 Å². The van der Waals surface area contributed by atoms with Gasteiger partial charge in [0.25, 0.3) is 5.69 Å². The number of carboxylic acid groups (broad SMARTS) is 1. The van der Waals surface area contributed by atoms with Crippen molar-refractivity contribution in [2.75, 3.05) is 31.6 Å². The Morgan fingerprint density at radius 1 is 1.28 bits per heavy atom. The van der Waals surface area contributed by atoms with Crippen LogP contribution < -0.4 is 10.6 Å². The molecule has 0 radical (unpaired) electrons. The van der Waals surface area contributed by atoms with Crippen LogP contribution in [-0.2, 0) is 14.3 Å². The van der Waals surface area contributed by atoms with E-state index < -0.39 is 16.3 Å². The summed E-state index contributed by atoms with van der Waals surface area (Å²) in [7, 11) is 0. The molecule has 1 heterocycles. The van der Waals surface area contributed by atoms with E-state index in [4.69, 9.17) is 4.74 Å². The Morgan fingerprint density at radius 3 is 2.60 bits per heavy atom. The summed E-state index contributed by atoms with van der Waals surface area (Å²) in [5.74, 6) is -1.24. The molecule has 1 aliphatic rings. The molecule has 0 spiro atoms. The first-order valence-electron chi connectivity index (χ1n) is 8.00. The Balaban J connectivity index is 1.81. The summed E-state index contributed by atoms with van der Waals surface area (Å²) in [6, 6.07) is 6.17. The Labute approximate surface area is 144 Å². The zero-order valence-electron chi connectivity index (χ0n) is 13.7. The van der Waals surface area contributed by atoms with Crippen LogP contribution in [0.5, 0.6) is 0 Å². The molecule has 1 aromatic rings. The van der Waals surface area contributed by atoms with Gasteiger partial charge in [0.2, 0.25) is 5.91 Å². The van der Waals surface area contributed by atoms with Gasteiger partial charge in [-0.1, -0.05) is 12.1 Å². The van der Waals surface area contributed by atoms with E-state index in [9.17, 15) is 24.8 Å². The molecule has 1 aromatic carbocycles. The van der Waals surface area contributed by atoms with Crippen LogP contribution in [0.4, 0.5) is 11.4 Å². The summed E-state index contributed by atoms with van der Waals surface area (Å²) in [6.45, 7) is 0.985. The van der Waals surface area contributed by atoms with Gasteiger partial charge in [-0.25, -0.2) is 0 Å². The molecule has 1 fully saturated rings. The van der Waals surface area contributed by atoms with Crippen LogP contribution in [0, 0.1) is 15.5 Å². The highest BCUT2D eigenvalue weighted by Gasteiger charge is 2.40. The minimum absolute atomic E-state index is 0.0516. The number of carboxylic acids is 1. The molecule has 0 unspecified atom stereocenters. The second kappa shape index (κ2) is 8.43. The summed E-state index contributed by atoms with van der Waals surface area (Å²) in [5.41, 5.74) is -0.707. The number of amides is 1. The van der Waals surface area contributed by atoms with Gasteiger partial charge in [0, 0.05) is 38.8 Å². The minimum Gasteiger partial charge on any atom is -0.481 e. The highest BCUT2D eigenvalue weighted by molar-refractivity contribution is 5.79. The molecule has 0 aromatic heterocycles. The van der Waals surface area contributed by atoms with E-state index in [2.05, 4.69) is 10.6 Å². The summed E-state index contributed by atoms with van der Waals surface area (Å²) in [6.07, 6.45) is 0.798. The van der Waals surface area contributed by atoms with Gasteiger partial charge in [0.05, 0.1) is 10.3 Å². The Morgan fingerprint density at radius 2 is 1.96 bits per heavy atom. The van der Waals surface area contributed by atoms with E-state index in [0.717, 1.165) is 0 Å². The summed E-state index contributed by atoms with van der Waals surface area (Å²) in [5, 5.41) is 25.8. The number of carbonyl (C=O) groups is 2. The summed E-state index contributed by atoms with van der Waals surface area (Å²) < 4.78 is 5.19. The maximum absolute atomic E-state index is 12.0. The van der Waals surface area contributed by atoms with Gasteiger partial charge in [0.15, 0.2) is 0 Å². The zero-order valence-corrected chi connectivity index (χ0v) is 13.7. The van der Waals surface area contributed by atoms with Gasteiger partial charge in [0.1, 0.15) is 5.69 Å². The number of ether oxygens (including phenoxy) is 1. The predicted molar refractivity (Wildman–Crippen MR) is 89.3 cm³/mol. The van der Waals surface area contributed by atoms with Gasteiger partial charge in [-0.2, -0.15) is 0 Å². The number of nitro groups is 1. The molecule has 2 rings (SSSR count). The third-order valence-corrected chi connectivity index (χ3v) is 4.30. The second-order valence-corrected chi connectivity index (χ2v) is 5.93. The number of para-hydroxylation sites is 2. The number of rotatable bonds is 8. The summed E-state index contributed by atoms with van der Waals surface area (Å²) >= 11 is 0. The average Bonchev–Trinajstić information content (AvgIpc) is 2.61. The number of anilines is 1. The third-order valence-electron chi connectivity index (χ3n) is 4.30. The fraction of sp³-hybridized carbons (Fsp3) is 0.500. The number of hydrogen-bond acceptors (Lipinski definition) is 6. The first kappa shape index (κ1) is 18.7. The molecule has 0 aliphatic carbocycles. The zero-order chi connectivity index (χ0) is 18.3. The fourth-order valence-electron chi connectivity index (χ4n) is 2.68. The fourth-order valence-corrected chi connectivity index (χ4v) is 2.68. The maximum Gasteiger partial charge on any atom is 0.311 e. The van der Waals surface area contributed by atoms with Crippen molar-refractivity contribution in [3.8, 4) is 0 Å². The average molecular weight is 351 g/mol. The van der Waals surface area contributed by atoms with Crippen LogP contribution >= 0.6 is 0 Å². The van der Waals surface area contributed by atoms with Gasteiger partial charge < -0.3 is 20.5 Å². The van der Waals surface area contributed by atoms with Crippen LogP contribution in [0.1, 0.15) is 19.3 Å². The lowest BCUT2D eigenvalue weighted by molar-refractivity contribution is -0.384. The van der Waals surface area contributed by atoms with E-state index in [-0.39, 0.29) is 31.1 Å². The molecule has 0 saturated carbocycles. The highest BCUT2D eigenvalue weighted by Crippen LogP contribution is 2.30. The molecule has 9 nitrogen and oxygen atoms in total. The number of aliphatic carboxylic acids is 1. The number of nitrogens with one attached hydrogen (secondary N) is 2. The van der Waals surface area contributed by atoms with Gasteiger partial charge in [-0.05, 0) is 18.9 Å². The summed E-state index contributed by atoms with van der Waals surface area (Å²) in [4.78, 5) is 33.9. The lowest BCUT2D eigenvalue weighted by atomic mass is 9.80. The van der Waals surface area contributed by atoms with Gasteiger partial charge in [-0.3, -0.25) is 19.7 Å². The quantitative estimate of drug-likeness (QED) is 0.476. The molecular formula is C16H21N3O6. The van der Waals surface area contributed by atoms with Crippen molar-refractivity contribution >= 4 is 23.3 Å². The molecule has 0 atom stereocenters. The van der Waals surface area contributed by atoms with Crippen molar-refractivity contribution in [3.05, 3.63) is 34.4 Å². The number of benzene rings is 1. The topological polar surface area (TPSA) is 131 Å². The third kappa shape index (κ3) is 4.90. The van der Waals surface area contributed by atoms with Crippen molar-refractivity contribution < 1.29 is 24.4 Å². The Bertz CT molecular complexity index is 643. The largest absolute Gasteiger partial charge is 0.481 e. The highest BCUT2D eigenvalue weighted by atomic mass is 16.6. The van der Waals surface area contributed by atoms with E-state index in [0.29, 0.717) is 31.7 Å². The van der Waals surface area contributed by atoms with Gasteiger partial charge >= 0.3 is 5.97 Å².